The van der Waals surface area contributed by atoms with E-state index in [1.54, 1.807) is 30.3 Å². The second kappa shape index (κ2) is 6.33. The molecule has 2 aromatic heterocycles. The van der Waals surface area contributed by atoms with E-state index in [1.807, 2.05) is 0 Å². The van der Waals surface area contributed by atoms with Gasteiger partial charge in [-0.3, -0.25) is 14.2 Å². The summed E-state index contributed by atoms with van der Waals surface area (Å²) in [6.07, 6.45) is 4.66. The Kier molecular flexibility index (Phi) is 4.07. The molecule has 24 heavy (non-hydrogen) atoms. The molecular formula is C17H13N3O4. The number of nitrogens with zero attached hydrogens (tertiary/aromatic N) is 3. The van der Waals surface area contributed by atoms with Crippen molar-refractivity contribution >= 4 is 29.3 Å². The largest absolute Gasteiger partial charge is 0.508 e. The molecule has 3 rings (SSSR count). The Labute approximate surface area is 136 Å². The lowest BCUT2D eigenvalue weighted by atomic mass is 10.2. The number of carbonyl (C=O) groups is 1. The fourth-order valence-electron chi connectivity index (χ4n) is 2.25. The van der Waals surface area contributed by atoms with Crippen LogP contribution in [0.5, 0.6) is 5.75 Å². The highest BCUT2D eigenvalue weighted by atomic mass is 16.4. The molecule has 0 aliphatic carbocycles. The lowest BCUT2D eigenvalue weighted by Gasteiger charge is -2.07. The highest BCUT2D eigenvalue weighted by Gasteiger charge is 2.12. The zero-order valence-corrected chi connectivity index (χ0v) is 12.5. The Hall–Kier alpha value is -3.48. The van der Waals surface area contributed by atoms with Gasteiger partial charge in [0.2, 0.25) is 0 Å². The number of rotatable bonds is 4. The lowest BCUT2D eigenvalue weighted by molar-refractivity contribution is -0.137. The Morgan fingerprint density at radius 1 is 1.17 bits per heavy atom. The zero-order chi connectivity index (χ0) is 17.1. The smallest absolute Gasteiger partial charge is 0.323 e. The summed E-state index contributed by atoms with van der Waals surface area (Å²) in [6.45, 7) is -0.491. The fraction of sp³-hybridized carbons (Fsp3) is 0.0588. The van der Waals surface area contributed by atoms with Crippen molar-refractivity contribution in [3.8, 4) is 5.75 Å². The van der Waals surface area contributed by atoms with E-state index in [0.717, 1.165) is 10.1 Å². The van der Waals surface area contributed by atoms with Crippen LogP contribution in [0.15, 0.2) is 47.4 Å². The van der Waals surface area contributed by atoms with Gasteiger partial charge in [-0.1, -0.05) is 18.2 Å². The van der Waals surface area contributed by atoms with E-state index >= 15 is 0 Å². The molecule has 120 valence electrons. The van der Waals surface area contributed by atoms with E-state index in [1.165, 1.54) is 24.4 Å². The molecule has 7 heteroatoms. The van der Waals surface area contributed by atoms with Crippen LogP contribution in [0, 0.1) is 0 Å². The van der Waals surface area contributed by atoms with Crippen molar-refractivity contribution in [2.75, 3.05) is 0 Å². The van der Waals surface area contributed by atoms with E-state index in [9.17, 15) is 14.7 Å². The van der Waals surface area contributed by atoms with Crippen LogP contribution in [0.2, 0.25) is 0 Å². The second-order valence-corrected chi connectivity index (χ2v) is 5.05. The van der Waals surface area contributed by atoms with Crippen molar-refractivity contribution in [1.29, 1.82) is 0 Å². The number of carboxylic acids is 1. The molecule has 2 N–H and O–H groups in total. The first-order chi connectivity index (χ1) is 11.5. The topological polar surface area (TPSA) is 105 Å². The number of hydrogen-bond donors (Lipinski definition) is 2. The van der Waals surface area contributed by atoms with E-state index < -0.39 is 18.1 Å². The second-order valence-electron chi connectivity index (χ2n) is 5.05. The van der Waals surface area contributed by atoms with Crippen LogP contribution in [0.4, 0.5) is 0 Å². The van der Waals surface area contributed by atoms with Crippen molar-refractivity contribution in [2.45, 2.75) is 6.54 Å². The van der Waals surface area contributed by atoms with Gasteiger partial charge in [-0.05, 0) is 35.9 Å². The van der Waals surface area contributed by atoms with Crippen LogP contribution in [0.1, 0.15) is 11.3 Å². The number of carboxylic acid groups (broad SMARTS) is 1. The van der Waals surface area contributed by atoms with Gasteiger partial charge in [-0.2, -0.15) is 0 Å². The summed E-state index contributed by atoms with van der Waals surface area (Å²) in [5.74, 6) is -0.991. The first kappa shape index (κ1) is 15.4. The third-order valence-corrected chi connectivity index (χ3v) is 3.35. The Morgan fingerprint density at radius 2 is 1.92 bits per heavy atom. The van der Waals surface area contributed by atoms with Crippen LogP contribution in [0.3, 0.4) is 0 Å². The highest BCUT2D eigenvalue weighted by molar-refractivity contribution is 5.76. The van der Waals surface area contributed by atoms with Crippen molar-refractivity contribution in [2.24, 2.45) is 0 Å². The first-order valence-electron chi connectivity index (χ1n) is 7.09. The number of hydrogen-bond acceptors (Lipinski definition) is 5. The minimum atomic E-state index is -1.14. The van der Waals surface area contributed by atoms with Crippen molar-refractivity contribution in [3.05, 3.63) is 64.2 Å². The molecule has 1 aromatic carbocycles. The Balaban J connectivity index is 2.10. The molecule has 0 aliphatic heterocycles. The molecule has 0 saturated carbocycles. The van der Waals surface area contributed by atoms with Crippen LogP contribution in [-0.4, -0.2) is 30.7 Å². The van der Waals surface area contributed by atoms with Crippen LogP contribution in [0.25, 0.3) is 23.3 Å². The third kappa shape index (κ3) is 3.14. The first-order valence-corrected chi connectivity index (χ1v) is 7.09. The number of benzene rings is 1. The lowest BCUT2D eigenvalue weighted by Crippen LogP contribution is -2.27. The summed E-state index contributed by atoms with van der Waals surface area (Å²) in [5.41, 5.74) is 1.02. The average molecular weight is 323 g/mol. The number of fused-ring (bicyclic) bond motifs is 1. The number of phenolic OH excluding ortho intramolecular Hbond substituents is 1. The van der Waals surface area contributed by atoms with Gasteiger partial charge in [0.05, 0.1) is 0 Å². The summed E-state index contributed by atoms with van der Waals surface area (Å²) >= 11 is 0. The summed E-state index contributed by atoms with van der Waals surface area (Å²) in [4.78, 5) is 31.8. The minimum Gasteiger partial charge on any atom is -0.508 e. The molecule has 0 atom stereocenters. The SMILES string of the molecule is O=C(O)Cn1c(=O)c(/C=C/c2ccc(O)cc2)nc2cccnc21. The van der Waals surface area contributed by atoms with E-state index in [-0.39, 0.29) is 17.1 Å². The van der Waals surface area contributed by atoms with Gasteiger partial charge >= 0.3 is 5.97 Å². The van der Waals surface area contributed by atoms with Crippen LogP contribution < -0.4 is 5.56 Å². The zero-order valence-electron chi connectivity index (χ0n) is 12.5. The van der Waals surface area contributed by atoms with Gasteiger partial charge in [-0.15, -0.1) is 0 Å². The monoisotopic (exact) mass is 323 g/mol. The molecule has 0 unspecified atom stereocenters. The predicted octanol–water partition coefficient (Wildman–Crippen LogP) is 1.75. The van der Waals surface area contributed by atoms with Crippen molar-refractivity contribution in [1.82, 2.24) is 14.5 Å². The van der Waals surface area contributed by atoms with Crippen molar-refractivity contribution < 1.29 is 15.0 Å². The summed E-state index contributed by atoms with van der Waals surface area (Å²) in [6, 6.07) is 9.76. The Bertz CT molecular complexity index is 991. The molecule has 0 spiro atoms. The summed E-state index contributed by atoms with van der Waals surface area (Å²) in [7, 11) is 0. The molecule has 2 heterocycles. The fourth-order valence-corrected chi connectivity index (χ4v) is 2.25. The number of aromatic nitrogens is 3. The van der Waals surface area contributed by atoms with E-state index in [2.05, 4.69) is 9.97 Å². The molecule has 0 aliphatic rings. The standard InChI is InChI=1S/C17H13N3O4/c21-12-6-3-11(4-7-12)5-8-14-17(24)20(10-15(22)23)16-13(19-14)2-1-9-18-16/h1-9,21H,10H2,(H,22,23)/b8-5+. The highest BCUT2D eigenvalue weighted by Crippen LogP contribution is 2.13. The summed E-state index contributed by atoms with van der Waals surface area (Å²) in [5, 5.41) is 18.3. The summed E-state index contributed by atoms with van der Waals surface area (Å²) < 4.78 is 1.08. The molecule has 0 amide bonds. The van der Waals surface area contributed by atoms with Gasteiger partial charge in [-0.25, -0.2) is 9.97 Å². The Morgan fingerprint density at radius 3 is 2.62 bits per heavy atom. The molecule has 0 radical (unpaired) electrons. The predicted molar refractivity (Wildman–Crippen MR) is 88.5 cm³/mol. The normalized spacial score (nSPS) is 11.2. The molecule has 3 aromatic rings. The van der Waals surface area contributed by atoms with Gasteiger partial charge in [0.15, 0.2) is 5.65 Å². The maximum atomic E-state index is 12.5. The minimum absolute atomic E-state index is 0.116. The average Bonchev–Trinajstić information content (AvgIpc) is 2.57. The van der Waals surface area contributed by atoms with Gasteiger partial charge in [0.1, 0.15) is 23.5 Å². The van der Waals surface area contributed by atoms with Gasteiger partial charge in [0.25, 0.3) is 5.56 Å². The van der Waals surface area contributed by atoms with Crippen molar-refractivity contribution in [3.63, 3.8) is 0 Å². The molecular weight excluding hydrogens is 310 g/mol. The van der Waals surface area contributed by atoms with Crippen LogP contribution in [-0.2, 0) is 11.3 Å². The third-order valence-electron chi connectivity index (χ3n) is 3.35. The molecule has 0 saturated heterocycles. The van der Waals surface area contributed by atoms with Crippen LogP contribution >= 0.6 is 0 Å². The maximum absolute atomic E-state index is 12.5. The quantitative estimate of drug-likeness (QED) is 0.758. The number of aliphatic carboxylic acids is 1. The maximum Gasteiger partial charge on any atom is 0.323 e. The number of phenols is 1. The van der Waals surface area contributed by atoms with E-state index in [0.29, 0.717) is 5.52 Å². The molecule has 0 bridgehead atoms. The molecule has 0 fully saturated rings. The molecule has 7 nitrogen and oxygen atoms in total. The van der Waals surface area contributed by atoms with Gasteiger partial charge in [0, 0.05) is 6.20 Å². The number of pyridine rings is 1. The van der Waals surface area contributed by atoms with Gasteiger partial charge < -0.3 is 10.2 Å². The van der Waals surface area contributed by atoms with E-state index in [4.69, 9.17) is 5.11 Å². The number of aromatic hydroxyl groups is 1.